The van der Waals surface area contributed by atoms with Crippen LogP contribution >= 0.6 is 0 Å². The van der Waals surface area contributed by atoms with Crippen molar-refractivity contribution >= 4 is 29.2 Å². The number of pyridine rings is 1. The number of nitrogens with zero attached hydrogens (tertiary/aromatic N) is 6. The number of aromatic nitrogens is 3. The van der Waals surface area contributed by atoms with E-state index in [1.807, 2.05) is 36.2 Å². The number of fused-ring (bicyclic) bond motifs is 4. The highest BCUT2D eigenvalue weighted by Crippen LogP contribution is 2.44. The molecule has 290 valence electrons. The zero-order chi connectivity index (χ0) is 38.7. The molecule has 2 aromatic heterocycles. The fraction of sp³-hybridized carbons (Fsp3) is 0.415. The summed E-state index contributed by atoms with van der Waals surface area (Å²) >= 11 is 0. The van der Waals surface area contributed by atoms with Crippen LogP contribution in [0.2, 0.25) is 0 Å². The second-order valence-electron chi connectivity index (χ2n) is 15.7. The van der Waals surface area contributed by atoms with Crippen molar-refractivity contribution in [3.05, 3.63) is 88.4 Å². The quantitative estimate of drug-likeness (QED) is 0.216. The number of carbonyl (C=O) groups excluding carboxylic acids is 3. The topological polar surface area (TPSA) is 153 Å². The van der Waals surface area contributed by atoms with E-state index in [0.29, 0.717) is 61.3 Å². The van der Waals surface area contributed by atoms with E-state index < -0.39 is 35.7 Å². The van der Waals surface area contributed by atoms with Crippen LogP contribution in [-0.4, -0.2) is 98.3 Å². The molecule has 4 aromatic rings. The van der Waals surface area contributed by atoms with Crippen molar-refractivity contribution < 1.29 is 33.0 Å². The van der Waals surface area contributed by atoms with Crippen LogP contribution in [0.3, 0.4) is 0 Å². The van der Waals surface area contributed by atoms with Crippen LogP contribution in [0.5, 0.6) is 11.6 Å². The number of para-hydroxylation sites is 1. The SMILES string of the molecule is Cc1cc(O[C@H]2CN3c4cc(-c5cccc(F)c5O)nnc4NC[C@@]3(CF)C2)ncc1CN1CCC(c2ccc3c(c2)C(=O)N([C@H]2CCC(=O)NC2=O)C3)CC1. The number of nitrogens with one attached hydrogen (secondary N) is 2. The minimum atomic E-state index is -0.880. The van der Waals surface area contributed by atoms with Crippen molar-refractivity contribution in [1.29, 1.82) is 0 Å². The van der Waals surface area contributed by atoms with Gasteiger partial charge in [-0.1, -0.05) is 18.2 Å². The minimum absolute atomic E-state index is 0.148. The number of phenolic OH excluding ortho intramolecular Hbond substituents is 1. The number of benzene rings is 2. The van der Waals surface area contributed by atoms with Gasteiger partial charge < -0.3 is 25.0 Å². The largest absolute Gasteiger partial charge is 0.504 e. The van der Waals surface area contributed by atoms with Crippen molar-refractivity contribution in [1.82, 2.24) is 30.3 Å². The molecule has 13 nitrogen and oxygen atoms in total. The molecule has 7 heterocycles. The zero-order valence-corrected chi connectivity index (χ0v) is 30.9. The van der Waals surface area contributed by atoms with Gasteiger partial charge in [0.2, 0.25) is 17.7 Å². The summed E-state index contributed by atoms with van der Waals surface area (Å²) in [5.41, 5.74) is 5.06. The van der Waals surface area contributed by atoms with Crippen LogP contribution < -0.4 is 20.3 Å². The molecule has 0 bridgehead atoms. The van der Waals surface area contributed by atoms with Gasteiger partial charge in [0, 0.05) is 55.9 Å². The fourth-order valence-corrected chi connectivity index (χ4v) is 9.04. The summed E-state index contributed by atoms with van der Waals surface area (Å²) in [6, 6.07) is 13.3. The van der Waals surface area contributed by atoms with Crippen molar-refractivity contribution in [2.24, 2.45) is 0 Å². The molecule has 3 saturated heterocycles. The first-order valence-electron chi connectivity index (χ1n) is 19.1. The van der Waals surface area contributed by atoms with Crippen molar-refractivity contribution in [2.75, 3.05) is 43.1 Å². The van der Waals surface area contributed by atoms with Crippen LogP contribution in [0, 0.1) is 12.7 Å². The molecule has 9 rings (SSSR count). The molecule has 0 spiro atoms. The van der Waals surface area contributed by atoms with Gasteiger partial charge in [0.05, 0.1) is 23.5 Å². The van der Waals surface area contributed by atoms with Gasteiger partial charge in [-0.25, -0.2) is 13.8 Å². The fourth-order valence-electron chi connectivity index (χ4n) is 9.04. The van der Waals surface area contributed by atoms with E-state index >= 15 is 0 Å². The average molecular weight is 765 g/mol. The van der Waals surface area contributed by atoms with Crippen LogP contribution in [0.1, 0.15) is 70.6 Å². The van der Waals surface area contributed by atoms with Gasteiger partial charge in [0.15, 0.2) is 17.4 Å². The van der Waals surface area contributed by atoms with Crippen molar-refractivity contribution in [3.63, 3.8) is 0 Å². The number of piperidine rings is 2. The molecule has 0 aliphatic carbocycles. The third-order valence-corrected chi connectivity index (χ3v) is 12.2. The number of likely N-dealkylation sites (tertiary alicyclic amines) is 1. The van der Waals surface area contributed by atoms with Gasteiger partial charge in [0.1, 0.15) is 18.8 Å². The lowest BCUT2D eigenvalue weighted by atomic mass is 9.87. The van der Waals surface area contributed by atoms with Gasteiger partial charge >= 0.3 is 0 Å². The van der Waals surface area contributed by atoms with Gasteiger partial charge in [-0.15, -0.1) is 10.2 Å². The van der Waals surface area contributed by atoms with E-state index in [1.165, 1.54) is 12.1 Å². The molecule has 3 atom stereocenters. The Morgan fingerprint density at radius 1 is 1.04 bits per heavy atom. The Morgan fingerprint density at radius 2 is 1.88 bits per heavy atom. The number of amides is 3. The average Bonchev–Trinajstić information content (AvgIpc) is 3.74. The highest BCUT2D eigenvalue weighted by molar-refractivity contribution is 6.05. The Kier molecular flexibility index (Phi) is 9.06. The number of aryl methyl sites for hydroxylation is 1. The number of ether oxygens (including phenoxy) is 1. The molecule has 3 fully saturated rings. The zero-order valence-electron chi connectivity index (χ0n) is 30.9. The van der Waals surface area contributed by atoms with E-state index in [1.54, 1.807) is 17.0 Å². The van der Waals surface area contributed by atoms with Crippen LogP contribution in [0.15, 0.2) is 54.7 Å². The standard InChI is InChI=1S/C41H42F2N8O5/c1-23-13-36(56-28-16-41(21-42)22-45-38-34(51(41)20-28)15-32(47-48-38)29-3-2-4-31(43)37(29)53)44-17-27(23)18-49-11-9-24(10-12-49)25-5-6-26-19-50(40(55)30(26)14-25)33-7-8-35(52)46-39(33)54/h2-6,13-15,17,24,28,33,53H,7-12,16,18-22H2,1H3,(H,45,48)(H,46,52,54)/t28-,33+,41+/m1/s1. The lowest BCUT2D eigenvalue weighted by Crippen LogP contribution is -2.54. The Hall–Kier alpha value is -5.70. The molecular formula is C41H42F2N8O5. The maximum atomic E-state index is 14.9. The molecule has 3 amide bonds. The number of alkyl halides is 1. The van der Waals surface area contributed by atoms with Crippen LogP contribution in [0.4, 0.5) is 20.3 Å². The predicted octanol–water partition coefficient (Wildman–Crippen LogP) is 4.62. The van der Waals surface area contributed by atoms with E-state index in [-0.39, 0.29) is 35.6 Å². The predicted molar refractivity (Wildman–Crippen MR) is 201 cm³/mol. The first-order valence-corrected chi connectivity index (χ1v) is 19.1. The Labute approximate surface area is 322 Å². The molecule has 5 aliphatic heterocycles. The monoisotopic (exact) mass is 764 g/mol. The highest BCUT2D eigenvalue weighted by Gasteiger charge is 2.50. The first-order chi connectivity index (χ1) is 27.1. The number of aromatic hydroxyl groups is 1. The van der Waals surface area contributed by atoms with Crippen LogP contribution in [0.25, 0.3) is 11.3 Å². The number of carbonyl (C=O) groups is 3. The Balaban J connectivity index is 0.818. The molecule has 3 N–H and O–H groups in total. The summed E-state index contributed by atoms with van der Waals surface area (Å²) in [7, 11) is 0. The number of phenols is 1. The highest BCUT2D eigenvalue weighted by atomic mass is 19.1. The molecule has 0 unspecified atom stereocenters. The molecule has 56 heavy (non-hydrogen) atoms. The number of hydrogen-bond acceptors (Lipinski definition) is 11. The Morgan fingerprint density at radius 3 is 2.66 bits per heavy atom. The van der Waals surface area contributed by atoms with Gasteiger partial charge in [-0.05, 0) is 91.7 Å². The molecule has 0 radical (unpaired) electrons. The Bertz CT molecular complexity index is 2250. The number of hydrogen-bond donors (Lipinski definition) is 3. The van der Waals surface area contributed by atoms with E-state index in [9.17, 15) is 28.3 Å². The summed E-state index contributed by atoms with van der Waals surface area (Å²) in [5.74, 6) is -0.855. The number of rotatable bonds is 8. The molecule has 5 aliphatic rings. The number of anilines is 2. The maximum Gasteiger partial charge on any atom is 0.255 e. The van der Waals surface area contributed by atoms with E-state index in [2.05, 4.69) is 36.8 Å². The van der Waals surface area contributed by atoms with Crippen molar-refractivity contribution in [2.45, 2.75) is 75.7 Å². The minimum Gasteiger partial charge on any atom is -0.504 e. The summed E-state index contributed by atoms with van der Waals surface area (Å²) in [5, 5.41) is 24.4. The molecule has 15 heteroatoms. The van der Waals surface area contributed by atoms with Gasteiger partial charge in [0.25, 0.3) is 5.91 Å². The third-order valence-electron chi connectivity index (χ3n) is 12.2. The van der Waals surface area contributed by atoms with Gasteiger partial charge in [-0.3, -0.25) is 24.6 Å². The second kappa shape index (κ2) is 14.1. The molecular weight excluding hydrogens is 722 g/mol. The summed E-state index contributed by atoms with van der Waals surface area (Å²) in [6.07, 6.45) is 4.38. The van der Waals surface area contributed by atoms with Gasteiger partial charge in [-0.2, -0.15) is 0 Å². The normalized spacial score (nSPS) is 23.7. The summed E-state index contributed by atoms with van der Waals surface area (Å²) < 4.78 is 35.4. The van der Waals surface area contributed by atoms with E-state index in [0.717, 1.165) is 54.7 Å². The smallest absolute Gasteiger partial charge is 0.255 e. The summed E-state index contributed by atoms with van der Waals surface area (Å²) in [6.45, 7) is 5.00. The lowest BCUT2D eigenvalue weighted by molar-refractivity contribution is -0.136. The van der Waals surface area contributed by atoms with Crippen LogP contribution in [-0.2, 0) is 22.7 Å². The van der Waals surface area contributed by atoms with E-state index in [4.69, 9.17) is 4.74 Å². The number of halogens is 2. The third kappa shape index (κ3) is 6.36. The number of imide groups is 1. The molecule has 2 aromatic carbocycles. The summed E-state index contributed by atoms with van der Waals surface area (Å²) in [4.78, 5) is 48.1. The molecule has 0 saturated carbocycles. The lowest BCUT2D eigenvalue weighted by Gasteiger charge is -2.42. The van der Waals surface area contributed by atoms with Crippen molar-refractivity contribution in [3.8, 4) is 22.9 Å². The maximum absolute atomic E-state index is 14.9. The first kappa shape index (κ1) is 36.0. The second-order valence-corrected chi connectivity index (χ2v) is 15.7.